The Balaban J connectivity index is 2.47. The number of carbonyl (C=O) groups excluding carboxylic acids is 1. The summed E-state index contributed by atoms with van der Waals surface area (Å²) in [5, 5.41) is 0.0534. The molecule has 124 valence electrons. The first-order valence-corrected chi connectivity index (χ1v) is 8.16. The SMILES string of the molecule is COC(=S)OC1=C(Cc2c(C)cc(C)cc2C)C(=O)CC1(C)C. The summed E-state index contributed by atoms with van der Waals surface area (Å²) in [4.78, 5) is 12.5. The number of ketones is 1. The number of rotatable bonds is 3. The Morgan fingerprint density at radius 1 is 1.22 bits per heavy atom. The molecule has 1 aromatic carbocycles. The van der Waals surface area contributed by atoms with Crippen LogP contribution in [0.2, 0.25) is 0 Å². The fourth-order valence-corrected chi connectivity index (χ4v) is 3.38. The minimum absolute atomic E-state index is 0.0534. The summed E-state index contributed by atoms with van der Waals surface area (Å²) in [6, 6.07) is 4.29. The minimum atomic E-state index is -0.360. The summed E-state index contributed by atoms with van der Waals surface area (Å²) in [7, 11) is 1.47. The van der Waals surface area contributed by atoms with Gasteiger partial charge >= 0.3 is 5.24 Å². The molecule has 0 bridgehead atoms. The van der Waals surface area contributed by atoms with E-state index in [1.807, 2.05) is 13.8 Å². The number of aryl methyl sites for hydroxylation is 3. The third-order valence-electron chi connectivity index (χ3n) is 4.37. The Morgan fingerprint density at radius 2 is 1.78 bits per heavy atom. The maximum absolute atomic E-state index is 12.5. The van der Waals surface area contributed by atoms with Crippen LogP contribution in [0.25, 0.3) is 0 Å². The van der Waals surface area contributed by atoms with Crippen molar-refractivity contribution in [2.75, 3.05) is 7.11 Å². The Kier molecular flexibility index (Phi) is 4.95. The Hall–Kier alpha value is -1.68. The van der Waals surface area contributed by atoms with Crippen LogP contribution in [-0.4, -0.2) is 18.1 Å². The molecule has 0 heterocycles. The minimum Gasteiger partial charge on any atom is -0.460 e. The quantitative estimate of drug-likeness (QED) is 0.771. The number of ether oxygens (including phenoxy) is 2. The number of thiocarbonyl (C=S) groups is 1. The van der Waals surface area contributed by atoms with E-state index in [4.69, 9.17) is 21.7 Å². The van der Waals surface area contributed by atoms with Crippen LogP contribution in [0.15, 0.2) is 23.5 Å². The Morgan fingerprint density at radius 3 is 2.30 bits per heavy atom. The molecule has 23 heavy (non-hydrogen) atoms. The maximum Gasteiger partial charge on any atom is 0.357 e. The van der Waals surface area contributed by atoms with Crippen LogP contribution in [0, 0.1) is 26.2 Å². The molecular weight excluding hydrogens is 308 g/mol. The van der Waals surface area contributed by atoms with Gasteiger partial charge in [-0.1, -0.05) is 31.5 Å². The summed E-state index contributed by atoms with van der Waals surface area (Å²) in [5.74, 6) is 0.775. The zero-order valence-electron chi connectivity index (χ0n) is 14.7. The van der Waals surface area contributed by atoms with Crippen molar-refractivity contribution in [2.24, 2.45) is 5.41 Å². The molecule has 0 fully saturated rings. The van der Waals surface area contributed by atoms with E-state index in [1.165, 1.54) is 29.4 Å². The number of Topliss-reactive ketones (excluding diaryl/α,β-unsaturated/α-hetero) is 1. The first-order valence-electron chi connectivity index (χ1n) is 7.75. The van der Waals surface area contributed by atoms with Gasteiger partial charge in [-0.2, -0.15) is 0 Å². The van der Waals surface area contributed by atoms with E-state index >= 15 is 0 Å². The van der Waals surface area contributed by atoms with Crippen LogP contribution in [0.1, 0.15) is 42.5 Å². The van der Waals surface area contributed by atoms with Crippen LogP contribution >= 0.6 is 12.2 Å². The van der Waals surface area contributed by atoms with Crippen molar-refractivity contribution in [3.8, 4) is 0 Å². The molecule has 1 aliphatic rings. The highest BCUT2D eigenvalue weighted by Crippen LogP contribution is 2.42. The van der Waals surface area contributed by atoms with Crippen molar-refractivity contribution < 1.29 is 14.3 Å². The number of hydrogen-bond acceptors (Lipinski definition) is 4. The summed E-state index contributed by atoms with van der Waals surface area (Å²) < 4.78 is 10.7. The number of methoxy groups -OCH3 is 1. The lowest BCUT2D eigenvalue weighted by molar-refractivity contribution is -0.115. The molecule has 0 atom stereocenters. The normalized spacial score (nSPS) is 16.7. The molecule has 0 aliphatic heterocycles. The standard InChI is InChI=1S/C19H24O3S/c1-11-7-12(2)14(13(3)8-11)9-15-16(20)10-19(4,5)17(15)22-18(23)21-6/h7-8H,9-10H2,1-6H3. The van der Waals surface area contributed by atoms with Crippen molar-refractivity contribution in [1.82, 2.24) is 0 Å². The topological polar surface area (TPSA) is 35.5 Å². The molecule has 0 saturated heterocycles. The van der Waals surface area contributed by atoms with Gasteiger partial charge in [0.05, 0.1) is 7.11 Å². The fourth-order valence-electron chi connectivity index (χ4n) is 3.29. The summed E-state index contributed by atoms with van der Waals surface area (Å²) in [6.45, 7) is 10.3. The number of benzene rings is 1. The van der Waals surface area contributed by atoms with Gasteiger partial charge in [-0.25, -0.2) is 0 Å². The number of allylic oxidation sites excluding steroid dienone is 2. The second-order valence-corrected chi connectivity index (χ2v) is 7.24. The number of hydrogen-bond donors (Lipinski definition) is 0. The second-order valence-electron chi connectivity index (χ2n) is 6.90. The zero-order valence-corrected chi connectivity index (χ0v) is 15.5. The maximum atomic E-state index is 12.5. The first-order chi connectivity index (χ1) is 10.7. The van der Waals surface area contributed by atoms with Gasteiger partial charge in [0, 0.05) is 36.0 Å². The molecule has 4 heteroatoms. The van der Waals surface area contributed by atoms with E-state index < -0.39 is 0 Å². The molecular formula is C19H24O3S. The number of carbonyl (C=O) groups is 1. The third-order valence-corrected chi connectivity index (χ3v) is 4.62. The highest BCUT2D eigenvalue weighted by Gasteiger charge is 2.41. The van der Waals surface area contributed by atoms with Crippen molar-refractivity contribution in [3.05, 3.63) is 45.7 Å². The van der Waals surface area contributed by atoms with Crippen LogP contribution in [0.5, 0.6) is 0 Å². The lowest BCUT2D eigenvalue weighted by Crippen LogP contribution is -2.17. The summed E-state index contributed by atoms with van der Waals surface area (Å²) in [5.41, 5.74) is 5.15. The second kappa shape index (κ2) is 6.44. The van der Waals surface area contributed by atoms with Gasteiger partial charge in [-0.3, -0.25) is 4.79 Å². The predicted octanol–water partition coefficient (Wildman–Crippen LogP) is 4.36. The molecule has 0 N–H and O–H groups in total. The van der Waals surface area contributed by atoms with Gasteiger partial charge in [-0.05, 0) is 37.5 Å². The molecule has 1 aromatic rings. The Bertz CT molecular complexity index is 676. The average molecular weight is 332 g/mol. The van der Waals surface area contributed by atoms with Crippen molar-refractivity contribution >= 4 is 23.2 Å². The van der Waals surface area contributed by atoms with Crippen LogP contribution < -0.4 is 0 Å². The summed E-state index contributed by atoms with van der Waals surface area (Å²) in [6.07, 6.45) is 1.01. The molecule has 0 radical (unpaired) electrons. The molecule has 0 saturated carbocycles. The van der Waals surface area contributed by atoms with Gasteiger partial charge < -0.3 is 9.47 Å². The van der Waals surface area contributed by atoms with E-state index in [2.05, 4.69) is 32.9 Å². The molecule has 0 unspecified atom stereocenters. The molecule has 0 aromatic heterocycles. The molecule has 2 rings (SSSR count). The monoisotopic (exact) mass is 332 g/mol. The van der Waals surface area contributed by atoms with E-state index in [-0.39, 0.29) is 16.4 Å². The molecule has 0 amide bonds. The van der Waals surface area contributed by atoms with Crippen LogP contribution in [0.4, 0.5) is 0 Å². The van der Waals surface area contributed by atoms with E-state index in [0.29, 0.717) is 24.2 Å². The lowest BCUT2D eigenvalue weighted by Gasteiger charge is -2.21. The lowest BCUT2D eigenvalue weighted by atomic mass is 9.91. The van der Waals surface area contributed by atoms with Crippen molar-refractivity contribution in [1.29, 1.82) is 0 Å². The average Bonchev–Trinajstić information content (AvgIpc) is 2.63. The van der Waals surface area contributed by atoms with Gasteiger partial charge in [-0.15, -0.1) is 0 Å². The summed E-state index contributed by atoms with van der Waals surface area (Å²) >= 11 is 5.03. The van der Waals surface area contributed by atoms with Crippen LogP contribution in [-0.2, 0) is 20.7 Å². The highest BCUT2D eigenvalue weighted by atomic mass is 32.1. The zero-order chi connectivity index (χ0) is 17.4. The smallest absolute Gasteiger partial charge is 0.357 e. The fraction of sp³-hybridized carbons (Fsp3) is 0.474. The predicted molar refractivity (Wildman–Crippen MR) is 95.5 cm³/mol. The third kappa shape index (κ3) is 3.63. The van der Waals surface area contributed by atoms with E-state index in [0.717, 1.165) is 0 Å². The van der Waals surface area contributed by atoms with E-state index in [1.54, 1.807) is 0 Å². The Labute approximate surface area is 143 Å². The van der Waals surface area contributed by atoms with Gasteiger partial charge in [0.25, 0.3) is 0 Å². The van der Waals surface area contributed by atoms with Gasteiger partial charge in [0.2, 0.25) is 0 Å². The van der Waals surface area contributed by atoms with Crippen molar-refractivity contribution in [3.63, 3.8) is 0 Å². The highest BCUT2D eigenvalue weighted by molar-refractivity contribution is 7.79. The molecule has 0 spiro atoms. The van der Waals surface area contributed by atoms with Crippen LogP contribution in [0.3, 0.4) is 0 Å². The molecule has 1 aliphatic carbocycles. The largest absolute Gasteiger partial charge is 0.460 e. The first kappa shape index (κ1) is 17.7. The van der Waals surface area contributed by atoms with Crippen molar-refractivity contribution in [2.45, 2.75) is 47.5 Å². The van der Waals surface area contributed by atoms with Gasteiger partial charge in [0.15, 0.2) is 5.78 Å². The van der Waals surface area contributed by atoms with Gasteiger partial charge in [0.1, 0.15) is 5.76 Å². The molecule has 3 nitrogen and oxygen atoms in total. The van der Waals surface area contributed by atoms with E-state index in [9.17, 15) is 4.79 Å².